The lowest BCUT2D eigenvalue weighted by atomic mass is 9.88. The number of aliphatic imine (C=N–C) groups is 7. The summed E-state index contributed by atoms with van der Waals surface area (Å²) in [5.41, 5.74) is 2.23. The quantitative estimate of drug-likeness (QED) is 0.0611. The molecular formula is C82H127N15O16S9. The molecule has 0 spiro atoms. The summed E-state index contributed by atoms with van der Waals surface area (Å²) in [7, 11) is 0. The zero-order valence-corrected chi connectivity index (χ0v) is 79.6. The summed E-state index contributed by atoms with van der Waals surface area (Å²) < 4.78 is 38.5. The lowest BCUT2D eigenvalue weighted by Crippen LogP contribution is -2.62. The van der Waals surface area contributed by atoms with Gasteiger partial charge in [-0.2, -0.15) is 114 Å². The molecule has 122 heavy (non-hydrogen) atoms. The van der Waals surface area contributed by atoms with Crippen molar-refractivity contribution in [2.45, 2.75) is 206 Å². The number of benzene rings is 2. The molecule has 10 aliphatic heterocycles. The van der Waals surface area contributed by atoms with Gasteiger partial charge in [-0.1, -0.05) is 88.4 Å². The molecule has 6 fully saturated rings. The summed E-state index contributed by atoms with van der Waals surface area (Å²) in [5, 5.41) is 15.9. The molecule has 0 aromatic heterocycles. The van der Waals surface area contributed by atoms with E-state index in [1.807, 2.05) is 116 Å². The van der Waals surface area contributed by atoms with E-state index in [9.17, 15) is 43.2 Å². The minimum absolute atomic E-state index is 0.0175. The molecule has 6 saturated heterocycles. The second kappa shape index (κ2) is 57.1. The fourth-order valence-corrected chi connectivity index (χ4v) is 15.7. The molecule has 0 aliphatic carbocycles. The SMILES string of the molecule is CC(C)[C@H]1NC(=O)[C@H](CS)CC1=O.CCOC1=N[C@@H](CS)C(=O)N2CCC[C@H]12.CCOC1=N[C@@H](CS)C(OCC)=NC1.CCOC1=N[C@H](C(C)C)C(OCC)=N[C@H]1CS.CCOC1=N[C@H](Cc2ccccc2)C(OCC)=N[C@H]1CS.O=C1N[C@@H](CS)C(=O)N2CCC[C@H]12.O=C1N[C@H](CS)C(=O)N[C@H]1CS.O=C1N[C@H](Cc2ccccc2)C(=O)N[C@H]1CS. The van der Waals surface area contributed by atoms with E-state index in [-0.39, 0.29) is 119 Å². The van der Waals surface area contributed by atoms with Crippen LogP contribution in [0.4, 0.5) is 0 Å². The monoisotopic (exact) mass is 1870 g/mol. The molecule has 2 aromatic carbocycles. The van der Waals surface area contributed by atoms with Gasteiger partial charge in [-0.3, -0.25) is 43.2 Å². The van der Waals surface area contributed by atoms with Crippen LogP contribution in [-0.2, 0) is 89.2 Å². The van der Waals surface area contributed by atoms with Crippen LogP contribution in [0.5, 0.6) is 0 Å². The molecule has 0 unspecified atom stereocenters. The minimum Gasteiger partial charge on any atom is -0.480 e. The Hall–Kier alpha value is -6.69. The van der Waals surface area contributed by atoms with Crippen molar-refractivity contribution in [3.8, 4) is 0 Å². The van der Waals surface area contributed by atoms with Gasteiger partial charge in [-0.15, -0.1) is 0 Å². The maximum Gasteiger partial charge on any atom is 0.249 e. The first-order valence-corrected chi connectivity index (χ1v) is 47.3. The average Bonchev–Trinajstić information content (AvgIpc) is 1.63. The maximum atomic E-state index is 11.9. The summed E-state index contributed by atoms with van der Waals surface area (Å²) in [6.07, 6.45) is 5.37. The Labute approximate surface area is 768 Å². The number of nitrogens with one attached hydrogen (secondary N) is 6. The standard InChI is InChI=1S/C16H22N2O2S.C12H14N2O2S.C12H22N2O2S.C10H16N2O2S.C9H16N2O2S.C9H15NO2S.C8H12N2O2S.C6H10N2O2S2/c1-3-19-15-13(10-12-8-6-5-7-9-12)17-16(20-4-2)14(11-21)18-15;15-11-9(6-8-4-2-1-3-5-8)13-12(16)10(7-17)14-11;1-5-15-11-9(7-17)13-12(16-6-2)10(14-11)8(3)4;1-2-14-9-8-4-3-5-12(8)10(13)7(6-15)11-9;1-3-12-8-5-10-9(13-4-2)7(6-14)11-8;1-5(2)8-7(11)3-6(4-13)9(12)10-8;11-7-6-2-1-3-10(6)8(12)5(4-13)9-7;9-5-3(1-11)7-6(10)4(2-12)8-5/h5-9,13-14,21H,3-4,10-11H2,1-2H3;1-5,9-10,17H,6-7H2,(H,13,16)(H,14,15);8-10,17H,5-7H2,1-4H3;7-8,15H,2-6H2,1H3;7,14H,3-6H2,1-2H3;5-6,8,13H,3-4H2,1-2H3,(H,10,12);5-6,13H,1-4H2,(H,9,11);3-4,11-12H,1-2H2,(H,7,10)(H,8,9)/t13-,14+;2*9-,10+;7-,8+;7-;6-,8+;5-,6+;3-,4+/m1100000./s1. The third kappa shape index (κ3) is 32.6. The van der Waals surface area contributed by atoms with Crippen molar-refractivity contribution >= 4 is 208 Å². The van der Waals surface area contributed by atoms with Crippen LogP contribution in [0.15, 0.2) is 95.6 Å². The number of hydrogen-bond donors (Lipinski definition) is 15. The first-order valence-electron chi connectivity index (χ1n) is 41.6. The van der Waals surface area contributed by atoms with Gasteiger partial charge in [0.1, 0.15) is 85.1 Å². The number of ether oxygens (including phenoxy) is 7. The van der Waals surface area contributed by atoms with E-state index >= 15 is 0 Å². The number of ketones is 1. The number of nitrogens with zero attached hydrogens (tertiary/aromatic N) is 9. The van der Waals surface area contributed by atoms with E-state index in [1.54, 1.807) is 4.90 Å². The molecular weight excluding hydrogens is 1740 g/mol. The van der Waals surface area contributed by atoms with Crippen LogP contribution in [0, 0.1) is 17.8 Å². The Morgan fingerprint density at radius 1 is 0.369 bits per heavy atom. The molecule has 0 radical (unpaired) electrons. The number of rotatable bonds is 22. The summed E-state index contributed by atoms with van der Waals surface area (Å²) in [6.45, 7) is 28.0. The smallest absolute Gasteiger partial charge is 0.249 e. The number of Topliss-reactive ketones (excluding diaryl/α,β-unsaturated/α-hetero) is 1. The van der Waals surface area contributed by atoms with E-state index in [4.69, 9.17) is 38.2 Å². The molecule has 40 heteroatoms. The molecule has 2 aromatic rings. The van der Waals surface area contributed by atoms with Gasteiger partial charge in [-0.25, -0.2) is 34.9 Å². The molecule has 15 atom stereocenters. The zero-order chi connectivity index (χ0) is 90.0. The molecule has 680 valence electrons. The van der Waals surface area contributed by atoms with Gasteiger partial charge >= 0.3 is 0 Å². The zero-order valence-electron chi connectivity index (χ0n) is 71.6. The van der Waals surface area contributed by atoms with Crippen molar-refractivity contribution in [2.24, 2.45) is 52.7 Å². The highest BCUT2D eigenvalue weighted by Gasteiger charge is 2.44. The van der Waals surface area contributed by atoms with Gasteiger partial charge < -0.3 is 74.9 Å². The highest BCUT2D eigenvalue weighted by molar-refractivity contribution is 7.81. The molecule has 6 N–H and O–H groups in total. The largest absolute Gasteiger partial charge is 0.480 e. The van der Waals surface area contributed by atoms with Gasteiger partial charge in [0.2, 0.25) is 88.5 Å². The minimum atomic E-state index is -0.516. The Bertz CT molecular complexity index is 3860. The molecule has 8 amide bonds. The summed E-state index contributed by atoms with van der Waals surface area (Å²) >= 11 is 36.9. The number of fused-ring (bicyclic) bond motifs is 2. The van der Waals surface area contributed by atoms with Gasteiger partial charge in [0.05, 0.1) is 58.2 Å². The van der Waals surface area contributed by atoms with Crippen LogP contribution < -0.4 is 31.9 Å². The number of thiol groups is 9. The average molecular weight is 1870 g/mol. The van der Waals surface area contributed by atoms with E-state index < -0.39 is 30.2 Å². The van der Waals surface area contributed by atoms with Crippen LogP contribution in [-0.4, -0.2) is 306 Å². The fraction of sp³-hybridized carbons (Fsp3) is 0.659. The van der Waals surface area contributed by atoms with Gasteiger partial charge in [0.15, 0.2) is 5.78 Å². The molecule has 10 heterocycles. The van der Waals surface area contributed by atoms with Crippen molar-refractivity contribution < 1.29 is 76.3 Å². The van der Waals surface area contributed by atoms with Crippen molar-refractivity contribution in [3.05, 3.63) is 71.8 Å². The predicted octanol–water partition coefficient (Wildman–Crippen LogP) is 5.89. The van der Waals surface area contributed by atoms with E-state index in [0.717, 1.165) is 56.7 Å². The summed E-state index contributed by atoms with van der Waals surface area (Å²) in [5.74, 6) is 8.61. The number of carbonyl (C=O) groups is 9. The van der Waals surface area contributed by atoms with Crippen LogP contribution in [0.1, 0.15) is 119 Å². The van der Waals surface area contributed by atoms with Crippen molar-refractivity contribution in [1.29, 1.82) is 0 Å². The van der Waals surface area contributed by atoms with Crippen molar-refractivity contribution in [2.75, 3.05) is 118 Å². The molecule has 10 aliphatic rings. The van der Waals surface area contributed by atoms with Gasteiger partial charge in [-0.05, 0) is 97.1 Å². The van der Waals surface area contributed by atoms with E-state index in [2.05, 4.69) is 201 Å². The van der Waals surface area contributed by atoms with Crippen molar-refractivity contribution in [1.82, 2.24) is 41.7 Å². The predicted molar refractivity (Wildman–Crippen MR) is 510 cm³/mol. The van der Waals surface area contributed by atoms with Gasteiger partial charge in [0.25, 0.3) is 0 Å². The molecule has 12 rings (SSSR count). The van der Waals surface area contributed by atoms with Crippen LogP contribution in [0.2, 0.25) is 0 Å². The first kappa shape index (κ1) is 106. The van der Waals surface area contributed by atoms with E-state index in [0.29, 0.717) is 159 Å². The molecule has 0 bridgehead atoms. The highest BCUT2D eigenvalue weighted by Crippen LogP contribution is 2.27. The molecule has 31 nitrogen and oxygen atoms in total. The summed E-state index contributed by atoms with van der Waals surface area (Å²) in [4.78, 5) is 139. The Morgan fingerprint density at radius 3 is 1.23 bits per heavy atom. The maximum absolute atomic E-state index is 11.9. The van der Waals surface area contributed by atoms with Crippen LogP contribution >= 0.6 is 114 Å². The van der Waals surface area contributed by atoms with Crippen molar-refractivity contribution in [3.63, 3.8) is 0 Å². The second-order valence-electron chi connectivity index (χ2n) is 29.1. The fourth-order valence-electron chi connectivity index (χ4n) is 13.5. The second-order valence-corrected chi connectivity index (χ2v) is 32.4. The van der Waals surface area contributed by atoms with E-state index in [1.165, 1.54) is 5.56 Å². The number of hydrogen-bond acceptors (Lipinski definition) is 32. The van der Waals surface area contributed by atoms with Crippen LogP contribution in [0.3, 0.4) is 0 Å². The third-order valence-electron chi connectivity index (χ3n) is 19.6. The first-order chi connectivity index (χ1) is 58.7. The summed E-state index contributed by atoms with van der Waals surface area (Å²) in [6, 6.07) is 16.2. The van der Waals surface area contributed by atoms with Gasteiger partial charge in [0, 0.05) is 84.1 Å². The number of piperazine rings is 3. The Balaban J connectivity index is 0.000000249. The topological polar surface area (TPSA) is 383 Å². The lowest BCUT2D eigenvalue weighted by Gasteiger charge is -2.33. The molecule has 0 saturated carbocycles. The Morgan fingerprint density at radius 2 is 0.762 bits per heavy atom. The Kier molecular flexibility index (Phi) is 49.5. The highest BCUT2D eigenvalue weighted by atomic mass is 32.1. The number of piperidine rings is 1. The lowest BCUT2D eigenvalue weighted by molar-refractivity contribution is -0.146. The van der Waals surface area contributed by atoms with Crippen LogP contribution in [0.25, 0.3) is 0 Å². The normalized spacial score (nSPS) is 26.1. The third-order valence-corrected chi connectivity index (χ3v) is 22.9. The number of carbonyl (C=O) groups excluding carboxylic acids is 9. The number of amides is 8.